The molecular weight excluding hydrogens is 238 g/mol. The maximum atomic E-state index is 6.04. The van der Waals surface area contributed by atoms with E-state index in [0.29, 0.717) is 17.7 Å². The van der Waals surface area contributed by atoms with E-state index in [0.717, 1.165) is 18.7 Å². The lowest BCUT2D eigenvalue weighted by Crippen LogP contribution is -2.17. The van der Waals surface area contributed by atoms with Crippen LogP contribution in [0.3, 0.4) is 0 Å². The SMILES string of the molecule is CC(C)C(N)c1nc(C2Cc3ccccc3C2)no1. The molecule has 0 fully saturated rings. The van der Waals surface area contributed by atoms with Gasteiger partial charge in [-0.05, 0) is 29.9 Å². The van der Waals surface area contributed by atoms with E-state index >= 15 is 0 Å². The molecule has 1 heterocycles. The van der Waals surface area contributed by atoms with Gasteiger partial charge in [-0.3, -0.25) is 0 Å². The van der Waals surface area contributed by atoms with Gasteiger partial charge in [0, 0.05) is 5.92 Å². The molecule has 0 amide bonds. The van der Waals surface area contributed by atoms with Gasteiger partial charge in [-0.15, -0.1) is 0 Å². The van der Waals surface area contributed by atoms with Crippen LogP contribution in [0, 0.1) is 5.92 Å². The minimum absolute atomic E-state index is 0.176. The molecule has 1 unspecified atom stereocenters. The molecule has 19 heavy (non-hydrogen) atoms. The highest BCUT2D eigenvalue weighted by atomic mass is 16.5. The van der Waals surface area contributed by atoms with Gasteiger partial charge in [-0.1, -0.05) is 43.3 Å². The summed E-state index contributed by atoms with van der Waals surface area (Å²) in [6.45, 7) is 4.11. The van der Waals surface area contributed by atoms with E-state index in [-0.39, 0.29) is 6.04 Å². The van der Waals surface area contributed by atoms with Crippen LogP contribution in [-0.4, -0.2) is 10.1 Å². The Balaban J connectivity index is 1.79. The Bertz CT molecular complexity index is 551. The van der Waals surface area contributed by atoms with Crippen molar-refractivity contribution in [2.75, 3.05) is 0 Å². The third kappa shape index (κ3) is 2.28. The molecule has 0 aliphatic heterocycles. The first kappa shape index (κ1) is 12.4. The molecule has 1 aromatic heterocycles. The fourth-order valence-corrected chi connectivity index (χ4v) is 2.58. The molecule has 0 radical (unpaired) electrons. The zero-order chi connectivity index (χ0) is 13.4. The molecular formula is C15H19N3O. The second-order valence-electron chi connectivity index (χ2n) is 5.63. The summed E-state index contributed by atoms with van der Waals surface area (Å²) in [5.41, 5.74) is 8.83. The Morgan fingerprint density at radius 1 is 1.21 bits per heavy atom. The molecule has 2 aromatic rings. The average molecular weight is 257 g/mol. The topological polar surface area (TPSA) is 64.9 Å². The predicted octanol–water partition coefficient (Wildman–Crippen LogP) is 2.61. The molecule has 4 heteroatoms. The lowest BCUT2D eigenvalue weighted by Gasteiger charge is -2.09. The Hall–Kier alpha value is -1.68. The first-order chi connectivity index (χ1) is 9.15. The highest BCUT2D eigenvalue weighted by molar-refractivity contribution is 5.34. The Labute approximate surface area is 113 Å². The zero-order valence-electron chi connectivity index (χ0n) is 11.3. The predicted molar refractivity (Wildman–Crippen MR) is 72.7 cm³/mol. The number of hydrogen-bond donors (Lipinski definition) is 1. The van der Waals surface area contributed by atoms with Crippen LogP contribution < -0.4 is 5.73 Å². The lowest BCUT2D eigenvalue weighted by molar-refractivity contribution is 0.321. The fourth-order valence-electron chi connectivity index (χ4n) is 2.58. The van der Waals surface area contributed by atoms with Crippen LogP contribution in [0.1, 0.15) is 48.6 Å². The van der Waals surface area contributed by atoms with Crippen LogP contribution in [0.2, 0.25) is 0 Å². The van der Waals surface area contributed by atoms with Crippen LogP contribution >= 0.6 is 0 Å². The highest BCUT2D eigenvalue weighted by Gasteiger charge is 2.28. The van der Waals surface area contributed by atoms with Crippen molar-refractivity contribution in [3.8, 4) is 0 Å². The number of nitrogens with two attached hydrogens (primary N) is 1. The molecule has 1 aliphatic rings. The number of fused-ring (bicyclic) bond motifs is 1. The molecule has 100 valence electrons. The van der Waals surface area contributed by atoms with E-state index in [9.17, 15) is 0 Å². The molecule has 1 aliphatic carbocycles. The number of nitrogens with zero attached hydrogens (tertiary/aromatic N) is 2. The second kappa shape index (κ2) is 4.78. The molecule has 1 aromatic carbocycles. The summed E-state index contributed by atoms with van der Waals surface area (Å²) >= 11 is 0. The highest BCUT2D eigenvalue weighted by Crippen LogP contribution is 2.32. The molecule has 0 spiro atoms. The van der Waals surface area contributed by atoms with Crippen molar-refractivity contribution in [3.63, 3.8) is 0 Å². The Morgan fingerprint density at radius 2 is 1.84 bits per heavy atom. The molecule has 4 nitrogen and oxygen atoms in total. The van der Waals surface area contributed by atoms with Gasteiger partial charge in [0.15, 0.2) is 5.82 Å². The van der Waals surface area contributed by atoms with E-state index in [2.05, 4.69) is 48.3 Å². The second-order valence-corrected chi connectivity index (χ2v) is 5.63. The van der Waals surface area contributed by atoms with Gasteiger partial charge in [0.1, 0.15) is 0 Å². The van der Waals surface area contributed by atoms with E-state index < -0.39 is 0 Å². The van der Waals surface area contributed by atoms with Crippen LogP contribution in [0.4, 0.5) is 0 Å². The largest absolute Gasteiger partial charge is 0.338 e. The smallest absolute Gasteiger partial charge is 0.243 e. The molecule has 2 N–H and O–H groups in total. The summed E-state index contributed by atoms with van der Waals surface area (Å²) in [6.07, 6.45) is 1.98. The minimum Gasteiger partial charge on any atom is -0.338 e. The number of aromatic nitrogens is 2. The van der Waals surface area contributed by atoms with Crippen molar-refractivity contribution in [1.82, 2.24) is 10.1 Å². The van der Waals surface area contributed by atoms with Gasteiger partial charge >= 0.3 is 0 Å². The number of rotatable bonds is 3. The van der Waals surface area contributed by atoms with Gasteiger partial charge in [0.25, 0.3) is 0 Å². The third-order valence-corrected chi connectivity index (χ3v) is 3.88. The van der Waals surface area contributed by atoms with Crippen LogP contribution in [-0.2, 0) is 12.8 Å². The fraction of sp³-hybridized carbons (Fsp3) is 0.467. The molecule has 0 bridgehead atoms. The summed E-state index contributed by atoms with van der Waals surface area (Å²) in [6, 6.07) is 8.34. The van der Waals surface area contributed by atoms with Crippen molar-refractivity contribution < 1.29 is 4.52 Å². The van der Waals surface area contributed by atoms with Crippen molar-refractivity contribution in [3.05, 3.63) is 47.1 Å². The van der Waals surface area contributed by atoms with E-state index in [1.807, 2.05) is 0 Å². The Kier molecular flexibility index (Phi) is 3.11. The van der Waals surface area contributed by atoms with E-state index in [1.54, 1.807) is 0 Å². The zero-order valence-corrected chi connectivity index (χ0v) is 11.3. The molecule has 0 saturated carbocycles. The number of hydrogen-bond acceptors (Lipinski definition) is 4. The van der Waals surface area contributed by atoms with Crippen LogP contribution in [0.5, 0.6) is 0 Å². The number of benzene rings is 1. The van der Waals surface area contributed by atoms with Crippen molar-refractivity contribution in [2.45, 2.75) is 38.6 Å². The van der Waals surface area contributed by atoms with Crippen LogP contribution in [0.15, 0.2) is 28.8 Å². The summed E-state index contributed by atoms with van der Waals surface area (Å²) < 4.78 is 5.31. The van der Waals surface area contributed by atoms with E-state index in [4.69, 9.17) is 10.3 Å². The molecule has 3 rings (SSSR count). The van der Waals surface area contributed by atoms with Gasteiger partial charge in [0.05, 0.1) is 6.04 Å². The monoisotopic (exact) mass is 257 g/mol. The standard InChI is InChI=1S/C15H19N3O/c1-9(2)13(16)15-17-14(18-19-15)12-7-10-5-3-4-6-11(10)8-12/h3-6,9,12-13H,7-8,16H2,1-2H3. The first-order valence-corrected chi connectivity index (χ1v) is 6.81. The van der Waals surface area contributed by atoms with Gasteiger partial charge < -0.3 is 10.3 Å². The van der Waals surface area contributed by atoms with Gasteiger partial charge in [-0.25, -0.2) is 0 Å². The van der Waals surface area contributed by atoms with E-state index in [1.165, 1.54) is 11.1 Å². The van der Waals surface area contributed by atoms with Crippen molar-refractivity contribution >= 4 is 0 Å². The van der Waals surface area contributed by atoms with Crippen LogP contribution in [0.25, 0.3) is 0 Å². The quantitative estimate of drug-likeness (QED) is 0.918. The summed E-state index contributed by atoms with van der Waals surface area (Å²) in [5, 5.41) is 4.12. The molecule has 0 saturated heterocycles. The summed E-state index contributed by atoms with van der Waals surface area (Å²) in [4.78, 5) is 4.49. The van der Waals surface area contributed by atoms with Crippen molar-refractivity contribution in [1.29, 1.82) is 0 Å². The Morgan fingerprint density at radius 3 is 2.42 bits per heavy atom. The third-order valence-electron chi connectivity index (χ3n) is 3.88. The average Bonchev–Trinajstić information content (AvgIpc) is 3.03. The maximum absolute atomic E-state index is 6.04. The van der Waals surface area contributed by atoms with Gasteiger partial charge in [0.2, 0.25) is 5.89 Å². The maximum Gasteiger partial charge on any atom is 0.243 e. The molecule has 1 atom stereocenters. The summed E-state index contributed by atoms with van der Waals surface area (Å²) in [7, 11) is 0. The first-order valence-electron chi connectivity index (χ1n) is 6.81. The van der Waals surface area contributed by atoms with Gasteiger partial charge in [-0.2, -0.15) is 4.98 Å². The normalized spacial score (nSPS) is 16.8. The lowest BCUT2D eigenvalue weighted by atomic mass is 10.0. The minimum atomic E-state index is -0.176. The van der Waals surface area contributed by atoms with Crippen molar-refractivity contribution in [2.24, 2.45) is 11.7 Å². The summed E-state index contributed by atoms with van der Waals surface area (Å²) in [5.74, 6) is 1.98.